The lowest BCUT2D eigenvalue weighted by molar-refractivity contribution is -0.144. The molecule has 156 valence electrons. The van der Waals surface area contributed by atoms with Crippen LogP contribution in [0.25, 0.3) is 22.6 Å². The number of aryl methyl sites for hydroxylation is 2. The molecule has 1 N–H and O–H groups in total. The molecule has 3 heterocycles. The van der Waals surface area contributed by atoms with Gasteiger partial charge in [0.1, 0.15) is 16.9 Å². The van der Waals surface area contributed by atoms with E-state index in [0.29, 0.717) is 15.8 Å². The molecule has 0 unspecified atom stereocenters. The Balaban J connectivity index is 2.23. The topological polar surface area (TPSA) is 98.9 Å². The van der Waals surface area contributed by atoms with Crippen molar-refractivity contribution in [1.29, 1.82) is 0 Å². The summed E-state index contributed by atoms with van der Waals surface area (Å²) in [5.74, 6) is 0.197. The fourth-order valence-corrected chi connectivity index (χ4v) is 3.70. The van der Waals surface area contributed by atoms with Gasteiger partial charge >= 0.3 is 6.18 Å². The molecule has 0 aliphatic heterocycles. The highest BCUT2D eigenvalue weighted by molar-refractivity contribution is 7.92. The molecule has 0 radical (unpaired) electrons. The van der Waals surface area contributed by atoms with Crippen LogP contribution in [0.2, 0.25) is 0 Å². The van der Waals surface area contributed by atoms with E-state index in [9.17, 15) is 26.4 Å². The van der Waals surface area contributed by atoms with E-state index >= 15 is 0 Å². The third-order valence-corrected chi connectivity index (χ3v) is 4.94. The molecule has 29 heavy (non-hydrogen) atoms. The molecule has 0 aliphatic rings. The first-order valence-corrected chi connectivity index (χ1v) is 10.3. The summed E-state index contributed by atoms with van der Waals surface area (Å²) in [6, 6.07) is 2.37. The first-order valence-electron chi connectivity index (χ1n) is 8.45. The SMILES string of the molecule is CCn1c(C(F)(F)F)cc2nc(-c3ncc(NS(C)(=O)=O)cc3C)n(C)c2c1=O. The number of imidazole rings is 1. The number of halogens is 3. The number of nitrogens with zero attached hydrogens (tertiary/aromatic N) is 4. The molecule has 0 atom stereocenters. The van der Waals surface area contributed by atoms with Crippen molar-refractivity contribution in [3.05, 3.63) is 39.9 Å². The average Bonchev–Trinajstić information content (AvgIpc) is 2.89. The maximum absolute atomic E-state index is 13.4. The second-order valence-corrected chi connectivity index (χ2v) is 8.32. The summed E-state index contributed by atoms with van der Waals surface area (Å²) in [6.07, 6.45) is -2.43. The molecular weight excluding hydrogens is 411 g/mol. The Labute approximate surface area is 164 Å². The van der Waals surface area contributed by atoms with Gasteiger partial charge in [-0.05, 0) is 31.5 Å². The molecule has 0 saturated carbocycles. The number of anilines is 1. The van der Waals surface area contributed by atoms with Gasteiger partial charge in [-0.1, -0.05) is 0 Å². The molecule has 0 bridgehead atoms. The van der Waals surface area contributed by atoms with Gasteiger partial charge in [0.25, 0.3) is 5.56 Å². The van der Waals surface area contributed by atoms with Crippen molar-refractivity contribution in [2.75, 3.05) is 11.0 Å². The standard InChI is InChI=1S/C17H18F3N5O3S/c1-5-25-12(17(18,19)20)7-11-14(16(25)26)24(3)15(22-11)13-9(2)6-10(8-21-13)23-29(4,27)28/h6-8,23H,5H2,1-4H3. The lowest BCUT2D eigenvalue weighted by Gasteiger charge is -2.14. The fourth-order valence-electron chi connectivity index (χ4n) is 3.16. The first-order chi connectivity index (χ1) is 13.3. The van der Waals surface area contributed by atoms with E-state index in [1.54, 1.807) is 6.92 Å². The van der Waals surface area contributed by atoms with Gasteiger partial charge in [0.05, 0.1) is 23.7 Å². The molecule has 0 saturated heterocycles. The summed E-state index contributed by atoms with van der Waals surface area (Å²) in [6.45, 7) is 2.97. The van der Waals surface area contributed by atoms with Crippen molar-refractivity contribution >= 4 is 26.7 Å². The van der Waals surface area contributed by atoms with Gasteiger partial charge in [0.15, 0.2) is 5.82 Å². The van der Waals surface area contributed by atoms with E-state index in [0.717, 1.165) is 12.3 Å². The smallest absolute Gasteiger partial charge is 0.321 e. The minimum Gasteiger partial charge on any atom is -0.321 e. The van der Waals surface area contributed by atoms with Crippen LogP contribution in [0.5, 0.6) is 0 Å². The maximum Gasteiger partial charge on any atom is 0.431 e. The number of rotatable bonds is 4. The van der Waals surface area contributed by atoms with Crippen molar-refractivity contribution in [2.45, 2.75) is 26.6 Å². The highest BCUT2D eigenvalue weighted by Crippen LogP contribution is 2.31. The molecule has 0 aromatic carbocycles. The van der Waals surface area contributed by atoms with Gasteiger partial charge in [-0.3, -0.25) is 14.5 Å². The van der Waals surface area contributed by atoms with E-state index in [1.807, 2.05) is 0 Å². The highest BCUT2D eigenvalue weighted by Gasteiger charge is 2.35. The van der Waals surface area contributed by atoms with E-state index < -0.39 is 27.5 Å². The normalized spacial score (nSPS) is 12.5. The molecule has 0 spiro atoms. The number of aromatic nitrogens is 4. The molecule has 3 rings (SSSR count). The van der Waals surface area contributed by atoms with E-state index in [-0.39, 0.29) is 29.1 Å². The highest BCUT2D eigenvalue weighted by atomic mass is 32.2. The maximum atomic E-state index is 13.4. The minimum atomic E-state index is -4.70. The second kappa shape index (κ2) is 6.87. The number of fused-ring (bicyclic) bond motifs is 1. The Morgan fingerprint density at radius 1 is 1.24 bits per heavy atom. The van der Waals surface area contributed by atoms with Crippen molar-refractivity contribution in [3.8, 4) is 11.5 Å². The van der Waals surface area contributed by atoms with Crippen LogP contribution in [0.3, 0.4) is 0 Å². The molecule has 0 amide bonds. The number of pyridine rings is 2. The Hall–Kier alpha value is -2.89. The van der Waals surface area contributed by atoms with Crippen LogP contribution in [0, 0.1) is 6.92 Å². The van der Waals surface area contributed by atoms with Crippen molar-refractivity contribution in [3.63, 3.8) is 0 Å². The second-order valence-electron chi connectivity index (χ2n) is 6.57. The summed E-state index contributed by atoms with van der Waals surface area (Å²) in [7, 11) is -1.98. The summed E-state index contributed by atoms with van der Waals surface area (Å²) in [4.78, 5) is 21.1. The van der Waals surface area contributed by atoms with Gasteiger partial charge < -0.3 is 9.13 Å². The first kappa shape index (κ1) is 20.8. The van der Waals surface area contributed by atoms with E-state index in [1.165, 1.54) is 30.8 Å². The Bertz CT molecular complexity index is 1280. The van der Waals surface area contributed by atoms with Crippen LogP contribution in [0.1, 0.15) is 18.2 Å². The van der Waals surface area contributed by atoms with Crippen molar-refractivity contribution in [2.24, 2.45) is 7.05 Å². The van der Waals surface area contributed by atoms with Gasteiger partial charge in [-0.2, -0.15) is 13.2 Å². The van der Waals surface area contributed by atoms with Crippen LogP contribution in [0.15, 0.2) is 23.1 Å². The number of hydrogen-bond acceptors (Lipinski definition) is 5. The molecule has 12 heteroatoms. The van der Waals surface area contributed by atoms with Crippen LogP contribution < -0.4 is 10.3 Å². The third kappa shape index (κ3) is 3.84. The monoisotopic (exact) mass is 429 g/mol. The van der Waals surface area contributed by atoms with Gasteiger partial charge in [0.2, 0.25) is 10.0 Å². The predicted molar refractivity (Wildman–Crippen MR) is 102 cm³/mol. The van der Waals surface area contributed by atoms with Gasteiger partial charge in [0, 0.05) is 13.6 Å². The zero-order valence-corrected chi connectivity index (χ0v) is 16.8. The summed E-state index contributed by atoms with van der Waals surface area (Å²) in [5.41, 5.74) is -0.854. The molecule has 0 fully saturated rings. The molecule has 3 aromatic heterocycles. The predicted octanol–water partition coefficient (Wildman–Crippen LogP) is 2.52. The van der Waals surface area contributed by atoms with Crippen LogP contribution in [-0.4, -0.2) is 33.8 Å². The zero-order chi connectivity index (χ0) is 21.7. The van der Waals surface area contributed by atoms with E-state index in [4.69, 9.17) is 0 Å². The number of nitrogens with one attached hydrogen (secondary N) is 1. The third-order valence-electron chi connectivity index (χ3n) is 4.33. The van der Waals surface area contributed by atoms with Crippen LogP contribution in [-0.2, 0) is 29.8 Å². The van der Waals surface area contributed by atoms with Crippen molar-refractivity contribution < 1.29 is 21.6 Å². The van der Waals surface area contributed by atoms with Crippen LogP contribution >= 0.6 is 0 Å². The van der Waals surface area contributed by atoms with Crippen LogP contribution in [0.4, 0.5) is 18.9 Å². The van der Waals surface area contributed by atoms with Crippen molar-refractivity contribution in [1.82, 2.24) is 19.1 Å². The number of sulfonamides is 1. The Kier molecular flexibility index (Phi) is 4.93. The zero-order valence-electron chi connectivity index (χ0n) is 16.0. The van der Waals surface area contributed by atoms with Gasteiger partial charge in [-0.15, -0.1) is 0 Å². The van der Waals surface area contributed by atoms with Gasteiger partial charge in [-0.25, -0.2) is 13.4 Å². The molecule has 8 nitrogen and oxygen atoms in total. The summed E-state index contributed by atoms with van der Waals surface area (Å²) >= 11 is 0. The lowest BCUT2D eigenvalue weighted by atomic mass is 10.2. The number of alkyl halides is 3. The minimum absolute atomic E-state index is 0.0226. The average molecular weight is 429 g/mol. The number of hydrogen-bond donors (Lipinski definition) is 1. The lowest BCUT2D eigenvalue weighted by Crippen LogP contribution is -2.28. The Morgan fingerprint density at radius 3 is 2.41 bits per heavy atom. The summed E-state index contributed by atoms with van der Waals surface area (Å²) in [5, 5.41) is 0. The quantitative estimate of drug-likeness (QED) is 0.687. The Morgan fingerprint density at radius 2 is 1.90 bits per heavy atom. The molecule has 3 aromatic rings. The van der Waals surface area contributed by atoms with E-state index in [2.05, 4.69) is 14.7 Å². The molecular formula is C17H18F3N5O3S. The fraction of sp³-hybridized carbons (Fsp3) is 0.353. The molecule has 0 aliphatic carbocycles. The largest absolute Gasteiger partial charge is 0.431 e. The summed E-state index contributed by atoms with van der Waals surface area (Å²) < 4.78 is 67.1.